The number of hydrogen-bond acceptors (Lipinski definition) is 4. The molecule has 1 amide bonds. The van der Waals surface area contributed by atoms with Crippen molar-refractivity contribution in [3.05, 3.63) is 29.6 Å². The van der Waals surface area contributed by atoms with E-state index >= 15 is 0 Å². The van der Waals surface area contributed by atoms with Gasteiger partial charge in [0.05, 0.1) is 18.2 Å². The van der Waals surface area contributed by atoms with Crippen LogP contribution in [0.25, 0.3) is 0 Å². The number of β-amino-alcohol motifs (C(OH)–C–C–N with tert-alkyl or cyclic N) is 1. The van der Waals surface area contributed by atoms with Gasteiger partial charge in [0.25, 0.3) is 0 Å². The van der Waals surface area contributed by atoms with Crippen molar-refractivity contribution in [1.82, 2.24) is 4.90 Å². The molecule has 1 aromatic carbocycles. The summed E-state index contributed by atoms with van der Waals surface area (Å²) in [5, 5.41) is 13.1. The molecule has 1 spiro atoms. The molecule has 2 saturated heterocycles. The van der Waals surface area contributed by atoms with Gasteiger partial charge in [-0.2, -0.15) is 0 Å². The molecule has 5 nitrogen and oxygen atoms in total. The molecule has 0 radical (unpaired) electrons. The molecule has 2 fully saturated rings. The van der Waals surface area contributed by atoms with E-state index in [1.54, 1.807) is 19.1 Å². The van der Waals surface area contributed by atoms with Crippen LogP contribution >= 0.6 is 0 Å². The zero-order chi connectivity index (χ0) is 16.4. The standard InChI is InChI=1S/C17H23FN2O3/c1-12-13(18)4-2-5-14(12)19-16(22)11-20-8-7-17(15(21)10-20)6-3-9-23-17/h2,4-5,15,21H,3,6-11H2,1H3,(H,19,22)/t15-,17-/m0/s1. The van der Waals surface area contributed by atoms with Gasteiger partial charge in [-0.05, 0) is 38.3 Å². The summed E-state index contributed by atoms with van der Waals surface area (Å²) in [6, 6.07) is 4.62. The highest BCUT2D eigenvalue weighted by Gasteiger charge is 2.45. The van der Waals surface area contributed by atoms with Gasteiger partial charge < -0.3 is 15.2 Å². The Morgan fingerprint density at radius 3 is 3.04 bits per heavy atom. The minimum Gasteiger partial charge on any atom is -0.389 e. The average Bonchev–Trinajstić information content (AvgIpc) is 2.98. The van der Waals surface area contributed by atoms with Gasteiger partial charge >= 0.3 is 0 Å². The van der Waals surface area contributed by atoms with E-state index in [9.17, 15) is 14.3 Å². The van der Waals surface area contributed by atoms with E-state index < -0.39 is 11.7 Å². The lowest BCUT2D eigenvalue weighted by Gasteiger charge is -2.42. The number of aliphatic hydroxyl groups is 1. The predicted octanol–water partition coefficient (Wildman–Crippen LogP) is 1.69. The van der Waals surface area contributed by atoms with Crippen molar-refractivity contribution < 1.29 is 19.0 Å². The summed E-state index contributed by atoms with van der Waals surface area (Å²) in [7, 11) is 0. The molecule has 23 heavy (non-hydrogen) atoms. The molecule has 0 bridgehead atoms. The summed E-state index contributed by atoms with van der Waals surface area (Å²) in [6.45, 7) is 3.67. The molecule has 0 unspecified atom stereocenters. The Hall–Kier alpha value is -1.50. The molecule has 2 aliphatic rings. The topological polar surface area (TPSA) is 61.8 Å². The van der Waals surface area contributed by atoms with Crippen molar-refractivity contribution in [1.29, 1.82) is 0 Å². The molecular weight excluding hydrogens is 299 g/mol. The van der Waals surface area contributed by atoms with E-state index in [1.165, 1.54) is 6.07 Å². The number of piperidine rings is 1. The number of likely N-dealkylation sites (tertiary alicyclic amines) is 1. The van der Waals surface area contributed by atoms with Crippen molar-refractivity contribution in [2.75, 3.05) is 31.6 Å². The first kappa shape index (κ1) is 16.4. The van der Waals surface area contributed by atoms with Crippen LogP contribution in [0.4, 0.5) is 10.1 Å². The molecule has 0 aliphatic carbocycles. The molecule has 0 aromatic heterocycles. The number of amides is 1. The van der Waals surface area contributed by atoms with E-state index in [0.29, 0.717) is 30.9 Å². The highest BCUT2D eigenvalue weighted by Crippen LogP contribution is 2.35. The van der Waals surface area contributed by atoms with Crippen molar-refractivity contribution in [2.24, 2.45) is 0 Å². The first-order valence-electron chi connectivity index (χ1n) is 8.09. The molecule has 126 valence electrons. The maximum Gasteiger partial charge on any atom is 0.238 e. The van der Waals surface area contributed by atoms with Gasteiger partial charge in [0, 0.05) is 30.9 Å². The van der Waals surface area contributed by atoms with Crippen LogP contribution in [0.3, 0.4) is 0 Å². The fourth-order valence-electron chi connectivity index (χ4n) is 3.47. The predicted molar refractivity (Wildman–Crippen MR) is 84.7 cm³/mol. The van der Waals surface area contributed by atoms with Gasteiger partial charge in [-0.15, -0.1) is 0 Å². The molecule has 2 N–H and O–H groups in total. The molecule has 2 heterocycles. The number of benzene rings is 1. The number of aliphatic hydroxyl groups excluding tert-OH is 1. The second kappa shape index (κ2) is 6.55. The summed E-state index contributed by atoms with van der Waals surface area (Å²) in [6.07, 6.45) is 2.04. The third-order valence-electron chi connectivity index (χ3n) is 4.93. The Morgan fingerprint density at radius 2 is 2.35 bits per heavy atom. The fourth-order valence-corrected chi connectivity index (χ4v) is 3.47. The van der Waals surface area contributed by atoms with E-state index in [4.69, 9.17) is 4.74 Å². The van der Waals surface area contributed by atoms with Crippen LogP contribution in [0.1, 0.15) is 24.8 Å². The quantitative estimate of drug-likeness (QED) is 0.889. The molecule has 3 rings (SSSR count). The Balaban J connectivity index is 1.56. The lowest BCUT2D eigenvalue weighted by molar-refractivity contribution is -0.135. The molecule has 0 saturated carbocycles. The minimum absolute atomic E-state index is 0.184. The summed E-state index contributed by atoms with van der Waals surface area (Å²) >= 11 is 0. The highest BCUT2D eigenvalue weighted by molar-refractivity contribution is 5.93. The number of anilines is 1. The van der Waals surface area contributed by atoms with E-state index in [2.05, 4.69) is 5.32 Å². The second-order valence-corrected chi connectivity index (χ2v) is 6.48. The number of rotatable bonds is 3. The highest BCUT2D eigenvalue weighted by atomic mass is 19.1. The summed E-state index contributed by atoms with van der Waals surface area (Å²) < 4.78 is 19.3. The number of halogens is 1. The monoisotopic (exact) mass is 322 g/mol. The Morgan fingerprint density at radius 1 is 1.52 bits per heavy atom. The maximum atomic E-state index is 13.5. The van der Waals surface area contributed by atoms with Crippen molar-refractivity contribution >= 4 is 11.6 Å². The minimum atomic E-state index is -0.567. The number of carbonyl (C=O) groups excluding carboxylic acids is 1. The molecule has 2 atom stereocenters. The van der Waals surface area contributed by atoms with Gasteiger partial charge in [-0.1, -0.05) is 6.07 Å². The second-order valence-electron chi connectivity index (χ2n) is 6.48. The third kappa shape index (κ3) is 3.39. The van der Waals surface area contributed by atoms with E-state index in [0.717, 1.165) is 19.3 Å². The third-order valence-corrected chi connectivity index (χ3v) is 4.93. The fraction of sp³-hybridized carbons (Fsp3) is 0.588. The molecule has 6 heteroatoms. The van der Waals surface area contributed by atoms with Crippen LogP contribution in [0.5, 0.6) is 0 Å². The first-order valence-corrected chi connectivity index (χ1v) is 8.09. The normalized spacial score (nSPS) is 28.2. The van der Waals surface area contributed by atoms with Crippen LogP contribution in [0.15, 0.2) is 18.2 Å². The average molecular weight is 322 g/mol. The molecule has 1 aromatic rings. The van der Waals surface area contributed by atoms with Crippen LogP contribution < -0.4 is 5.32 Å². The van der Waals surface area contributed by atoms with Crippen LogP contribution in [0.2, 0.25) is 0 Å². The largest absolute Gasteiger partial charge is 0.389 e. The van der Waals surface area contributed by atoms with Crippen LogP contribution in [-0.2, 0) is 9.53 Å². The Bertz CT molecular complexity index is 587. The zero-order valence-corrected chi connectivity index (χ0v) is 13.3. The van der Waals surface area contributed by atoms with Gasteiger partial charge in [-0.3, -0.25) is 9.69 Å². The van der Waals surface area contributed by atoms with Gasteiger partial charge in [0.2, 0.25) is 5.91 Å². The SMILES string of the molecule is Cc1c(F)cccc1NC(=O)CN1CC[C@@]2(CCCO2)[C@@H](O)C1. The maximum absolute atomic E-state index is 13.5. The van der Waals surface area contributed by atoms with Gasteiger partial charge in [0.15, 0.2) is 0 Å². The summed E-state index contributed by atoms with van der Waals surface area (Å²) in [5.74, 6) is -0.536. The summed E-state index contributed by atoms with van der Waals surface area (Å²) in [4.78, 5) is 14.1. The van der Waals surface area contributed by atoms with Crippen molar-refractivity contribution in [3.8, 4) is 0 Å². The summed E-state index contributed by atoms with van der Waals surface area (Å²) in [5.41, 5.74) is 0.507. The Labute approximate surface area is 135 Å². The number of ether oxygens (including phenoxy) is 1. The van der Waals surface area contributed by atoms with Gasteiger partial charge in [-0.25, -0.2) is 4.39 Å². The van der Waals surface area contributed by atoms with Crippen LogP contribution in [0, 0.1) is 12.7 Å². The lowest BCUT2D eigenvalue weighted by Crippen LogP contribution is -2.56. The number of nitrogens with one attached hydrogen (secondary N) is 1. The van der Waals surface area contributed by atoms with E-state index in [1.807, 2.05) is 4.90 Å². The lowest BCUT2D eigenvalue weighted by atomic mass is 9.86. The number of nitrogens with zero attached hydrogens (tertiary/aromatic N) is 1. The van der Waals surface area contributed by atoms with Crippen molar-refractivity contribution in [2.45, 2.75) is 37.9 Å². The number of carbonyl (C=O) groups is 1. The smallest absolute Gasteiger partial charge is 0.238 e. The first-order chi connectivity index (χ1) is 11.0. The molecule has 2 aliphatic heterocycles. The van der Waals surface area contributed by atoms with E-state index in [-0.39, 0.29) is 18.3 Å². The zero-order valence-electron chi connectivity index (χ0n) is 13.3. The molecular formula is C17H23FN2O3. The van der Waals surface area contributed by atoms with Crippen molar-refractivity contribution in [3.63, 3.8) is 0 Å². The van der Waals surface area contributed by atoms with Gasteiger partial charge in [0.1, 0.15) is 5.82 Å². The Kier molecular flexibility index (Phi) is 4.66. The van der Waals surface area contributed by atoms with Crippen LogP contribution in [-0.4, -0.2) is 53.9 Å². The number of hydrogen-bond donors (Lipinski definition) is 2.